The summed E-state index contributed by atoms with van der Waals surface area (Å²) in [7, 11) is 0. The average Bonchev–Trinajstić information content (AvgIpc) is 2.90. The van der Waals surface area contributed by atoms with Crippen molar-refractivity contribution in [2.75, 3.05) is 0 Å². The Hall–Kier alpha value is -0.0900. The Morgan fingerprint density at radius 1 is 1.47 bits per heavy atom. The number of rotatable bonds is 2. The fourth-order valence-corrected chi connectivity index (χ4v) is 3.91. The fraction of sp³-hybridized carbons (Fsp3) is 0.636. The molecule has 4 heteroatoms. The number of ether oxygens (including phenoxy) is 1. The minimum absolute atomic E-state index is 0.109. The van der Waals surface area contributed by atoms with Gasteiger partial charge in [-0.2, -0.15) is 0 Å². The highest BCUT2D eigenvalue weighted by atomic mass is 35.5. The molecule has 4 unspecified atom stereocenters. The maximum Gasteiger partial charge on any atom is 0.0931 e. The summed E-state index contributed by atoms with van der Waals surface area (Å²) in [6.45, 7) is 0. The van der Waals surface area contributed by atoms with E-state index in [1.54, 1.807) is 11.3 Å². The van der Waals surface area contributed by atoms with Crippen molar-refractivity contribution in [3.05, 3.63) is 21.3 Å². The molecule has 3 rings (SSSR count). The number of halogens is 1. The van der Waals surface area contributed by atoms with Gasteiger partial charge in [0.1, 0.15) is 0 Å². The summed E-state index contributed by atoms with van der Waals surface area (Å²) in [6.07, 6.45) is 4.40. The highest BCUT2D eigenvalue weighted by Crippen LogP contribution is 2.45. The lowest BCUT2D eigenvalue weighted by Crippen LogP contribution is -2.28. The number of hydrogen-bond donors (Lipinski definition) is 1. The van der Waals surface area contributed by atoms with Gasteiger partial charge in [-0.15, -0.1) is 11.3 Å². The van der Waals surface area contributed by atoms with E-state index in [1.807, 2.05) is 12.1 Å². The van der Waals surface area contributed by atoms with E-state index in [4.69, 9.17) is 22.1 Å². The van der Waals surface area contributed by atoms with E-state index in [2.05, 4.69) is 0 Å². The van der Waals surface area contributed by atoms with Crippen LogP contribution < -0.4 is 5.73 Å². The van der Waals surface area contributed by atoms with Crippen molar-refractivity contribution in [2.24, 2.45) is 11.7 Å². The highest BCUT2D eigenvalue weighted by Gasteiger charge is 2.43. The van der Waals surface area contributed by atoms with Gasteiger partial charge < -0.3 is 10.5 Å². The maximum atomic E-state index is 6.27. The Balaban J connectivity index is 1.77. The van der Waals surface area contributed by atoms with Crippen molar-refractivity contribution >= 4 is 22.9 Å². The lowest BCUT2D eigenvalue weighted by atomic mass is 9.84. The molecule has 1 aromatic heterocycles. The van der Waals surface area contributed by atoms with Crippen molar-refractivity contribution in [3.8, 4) is 0 Å². The van der Waals surface area contributed by atoms with E-state index in [9.17, 15) is 0 Å². The van der Waals surface area contributed by atoms with Crippen molar-refractivity contribution < 1.29 is 4.74 Å². The molecule has 82 valence electrons. The van der Waals surface area contributed by atoms with Crippen LogP contribution in [0.4, 0.5) is 0 Å². The predicted octanol–water partition coefficient (Wildman–Crippen LogP) is 2.97. The van der Waals surface area contributed by atoms with E-state index < -0.39 is 0 Å². The van der Waals surface area contributed by atoms with Gasteiger partial charge in [0.15, 0.2) is 0 Å². The summed E-state index contributed by atoms with van der Waals surface area (Å²) in [5.41, 5.74) is 6.27. The van der Waals surface area contributed by atoms with Gasteiger partial charge in [0, 0.05) is 16.8 Å². The number of thiophene rings is 1. The van der Waals surface area contributed by atoms with Crippen LogP contribution in [0.5, 0.6) is 0 Å². The van der Waals surface area contributed by atoms with E-state index in [-0.39, 0.29) is 6.04 Å². The average molecular weight is 244 g/mol. The van der Waals surface area contributed by atoms with Crippen LogP contribution in [0.3, 0.4) is 0 Å². The first-order valence-corrected chi connectivity index (χ1v) is 6.60. The quantitative estimate of drug-likeness (QED) is 0.867. The molecule has 0 aromatic carbocycles. The zero-order valence-electron chi connectivity index (χ0n) is 8.36. The summed E-state index contributed by atoms with van der Waals surface area (Å²) in [4.78, 5) is 1.20. The van der Waals surface area contributed by atoms with Gasteiger partial charge in [0.25, 0.3) is 0 Å². The molecule has 4 atom stereocenters. The first-order valence-electron chi connectivity index (χ1n) is 5.40. The SMILES string of the molecule is NC(c1ccc(Cl)s1)C1CC2CCC1O2. The Bertz CT molecular complexity index is 367. The van der Waals surface area contributed by atoms with Crippen LogP contribution in [-0.2, 0) is 4.74 Å². The smallest absolute Gasteiger partial charge is 0.0931 e. The maximum absolute atomic E-state index is 6.27. The van der Waals surface area contributed by atoms with E-state index in [1.165, 1.54) is 17.7 Å². The number of hydrogen-bond acceptors (Lipinski definition) is 3. The second kappa shape index (κ2) is 3.74. The molecule has 2 N–H and O–H groups in total. The molecule has 2 aliphatic heterocycles. The number of nitrogens with two attached hydrogens (primary N) is 1. The third-order valence-electron chi connectivity index (χ3n) is 3.54. The monoisotopic (exact) mass is 243 g/mol. The third-order valence-corrected chi connectivity index (χ3v) is 4.87. The zero-order chi connectivity index (χ0) is 10.4. The van der Waals surface area contributed by atoms with E-state index in [0.717, 1.165) is 10.8 Å². The molecule has 2 bridgehead atoms. The Morgan fingerprint density at radius 2 is 2.33 bits per heavy atom. The van der Waals surface area contributed by atoms with Crippen molar-refractivity contribution in [1.82, 2.24) is 0 Å². The molecule has 1 aromatic rings. The van der Waals surface area contributed by atoms with Crippen LogP contribution in [0.2, 0.25) is 4.34 Å². The molecular formula is C11H14ClNOS. The zero-order valence-corrected chi connectivity index (χ0v) is 9.93. The summed E-state index contributed by atoms with van der Waals surface area (Å²) >= 11 is 7.52. The van der Waals surface area contributed by atoms with Gasteiger partial charge in [-0.3, -0.25) is 0 Å². The summed E-state index contributed by atoms with van der Waals surface area (Å²) < 4.78 is 6.65. The Morgan fingerprint density at radius 3 is 2.87 bits per heavy atom. The van der Waals surface area contributed by atoms with E-state index >= 15 is 0 Å². The molecule has 2 fully saturated rings. The molecule has 0 radical (unpaired) electrons. The second-order valence-corrected chi connectivity index (χ2v) is 6.19. The molecule has 2 saturated heterocycles. The first-order chi connectivity index (χ1) is 7.24. The number of fused-ring (bicyclic) bond motifs is 2. The lowest BCUT2D eigenvalue weighted by Gasteiger charge is -2.24. The van der Waals surface area contributed by atoms with Gasteiger partial charge in [-0.25, -0.2) is 0 Å². The van der Waals surface area contributed by atoms with Gasteiger partial charge in [-0.05, 0) is 31.4 Å². The van der Waals surface area contributed by atoms with Gasteiger partial charge in [0.2, 0.25) is 0 Å². The van der Waals surface area contributed by atoms with Crippen LogP contribution in [0.25, 0.3) is 0 Å². The second-order valence-electron chi connectivity index (χ2n) is 4.44. The van der Waals surface area contributed by atoms with E-state index in [0.29, 0.717) is 18.1 Å². The molecule has 0 amide bonds. The molecule has 3 heterocycles. The molecule has 2 nitrogen and oxygen atoms in total. The van der Waals surface area contributed by atoms with Crippen molar-refractivity contribution in [1.29, 1.82) is 0 Å². The predicted molar refractivity (Wildman–Crippen MR) is 62.3 cm³/mol. The molecule has 2 aliphatic rings. The topological polar surface area (TPSA) is 35.2 Å². The molecule has 0 saturated carbocycles. The molecule has 0 aliphatic carbocycles. The first kappa shape index (κ1) is 10.1. The molecule has 0 spiro atoms. The fourth-order valence-electron chi connectivity index (χ4n) is 2.77. The van der Waals surface area contributed by atoms with Gasteiger partial charge in [-0.1, -0.05) is 11.6 Å². The summed E-state index contributed by atoms with van der Waals surface area (Å²) in [5.74, 6) is 0.499. The Labute approximate surface area is 98.4 Å². The summed E-state index contributed by atoms with van der Waals surface area (Å²) in [6, 6.07) is 4.08. The lowest BCUT2D eigenvalue weighted by molar-refractivity contribution is 0.0887. The molecule has 15 heavy (non-hydrogen) atoms. The van der Waals surface area contributed by atoms with Crippen molar-refractivity contribution in [2.45, 2.75) is 37.5 Å². The minimum Gasteiger partial charge on any atom is -0.375 e. The van der Waals surface area contributed by atoms with Crippen LogP contribution >= 0.6 is 22.9 Å². The van der Waals surface area contributed by atoms with Crippen LogP contribution in [0.1, 0.15) is 30.2 Å². The van der Waals surface area contributed by atoms with Crippen LogP contribution in [-0.4, -0.2) is 12.2 Å². The minimum atomic E-state index is 0.109. The summed E-state index contributed by atoms with van der Waals surface area (Å²) in [5, 5.41) is 0. The van der Waals surface area contributed by atoms with Crippen LogP contribution in [0, 0.1) is 5.92 Å². The standard InChI is InChI=1S/C11H14ClNOS/c12-10-4-3-9(15-10)11(13)7-5-6-1-2-8(7)14-6/h3-4,6-8,11H,1-2,5,13H2. The largest absolute Gasteiger partial charge is 0.375 e. The van der Waals surface area contributed by atoms with Crippen LogP contribution in [0.15, 0.2) is 12.1 Å². The van der Waals surface area contributed by atoms with Gasteiger partial charge in [0.05, 0.1) is 16.5 Å². The third kappa shape index (κ3) is 1.72. The molecular weight excluding hydrogens is 230 g/mol. The Kier molecular flexibility index (Phi) is 2.51. The van der Waals surface area contributed by atoms with Gasteiger partial charge >= 0.3 is 0 Å². The van der Waals surface area contributed by atoms with Crippen molar-refractivity contribution in [3.63, 3.8) is 0 Å². The normalized spacial score (nSPS) is 36.0. The highest BCUT2D eigenvalue weighted by molar-refractivity contribution is 7.16.